The average molecular weight is 369 g/mol. The molecule has 7 nitrogen and oxygen atoms in total. The molecule has 0 radical (unpaired) electrons. The highest BCUT2D eigenvalue weighted by Crippen LogP contribution is 2.18. The quantitative estimate of drug-likeness (QED) is 0.425. The average Bonchev–Trinajstić information content (AvgIpc) is 2.64. The topological polar surface area (TPSA) is 89.0 Å². The van der Waals surface area contributed by atoms with Gasteiger partial charge in [-0.25, -0.2) is 5.43 Å². The first-order valence-corrected chi connectivity index (χ1v) is 8.51. The minimum Gasteiger partial charge on any atom is -0.496 e. The number of benzene rings is 2. The number of methoxy groups -OCH3 is 1. The molecule has 0 saturated heterocycles. The number of carbonyl (C=O) groups is 2. The number of anilines is 1. The predicted octanol–water partition coefficient (Wildman–Crippen LogP) is 2.88. The number of nitrogens with one attached hydrogen (secondary N) is 2. The van der Waals surface area contributed by atoms with Crippen LogP contribution < -0.4 is 20.2 Å². The molecule has 7 heteroatoms. The maximum absolute atomic E-state index is 11.9. The fourth-order valence-electron chi connectivity index (χ4n) is 2.29. The summed E-state index contributed by atoms with van der Waals surface area (Å²) in [5.74, 6) is 0.521. The van der Waals surface area contributed by atoms with Crippen LogP contribution in [0.15, 0.2) is 47.6 Å². The summed E-state index contributed by atoms with van der Waals surface area (Å²) in [7, 11) is 1.59. The predicted molar refractivity (Wildman–Crippen MR) is 104 cm³/mol. The monoisotopic (exact) mass is 369 g/mol. The van der Waals surface area contributed by atoms with Crippen LogP contribution in [-0.2, 0) is 9.59 Å². The van der Waals surface area contributed by atoms with E-state index in [2.05, 4.69) is 15.8 Å². The SMILES string of the molecule is CCOc1ccc(NC(=O)CC(=O)NN=Cc2ccc(C)c(OC)c2)cc1. The van der Waals surface area contributed by atoms with E-state index in [4.69, 9.17) is 9.47 Å². The van der Waals surface area contributed by atoms with Gasteiger partial charge in [0.2, 0.25) is 11.8 Å². The Labute approximate surface area is 158 Å². The van der Waals surface area contributed by atoms with Crippen LogP contribution in [0.25, 0.3) is 0 Å². The van der Waals surface area contributed by atoms with Crippen molar-refractivity contribution in [3.05, 3.63) is 53.6 Å². The van der Waals surface area contributed by atoms with Crippen LogP contribution in [0.2, 0.25) is 0 Å². The molecule has 0 aliphatic heterocycles. The molecule has 2 N–H and O–H groups in total. The van der Waals surface area contributed by atoms with Gasteiger partial charge in [0.05, 0.1) is 19.9 Å². The van der Waals surface area contributed by atoms with Crippen molar-refractivity contribution in [2.75, 3.05) is 19.0 Å². The molecule has 0 saturated carbocycles. The molecule has 0 spiro atoms. The normalized spacial score (nSPS) is 10.5. The van der Waals surface area contributed by atoms with Crippen molar-refractivity contribution < 1.29 is 19.1 Å². The van der Waals surface area contributed by atoms with E-state index in [0.717, 1.165) is 22.6 Å². The van der Waals surface area contributed by atoms with Gasteiger partial charge >= 0.3 is 0 Å². The standard InChI is InChI=1S/C20H23N3O4/c1-4-27-17-9-7-16(8-10-17)22-19(24)12-20(25)23-21-13-15-6-5-14(2)18(11-15)26-3/h5-11,13H,4,12H2,1-3H3,(H,22,24)(H,23,25). The number of ether oxygens (including phenoxy) is 2. The zero-order chi connectivity index (χ0) is 19.6. The molecule has 0 aliphatic carbocycles. The van der Waals surface area contributed by atoms with Crippen molar-refractivity contribution in [3.63, 3.8) is 0 Å². The number of amides is 2. The highest BCUT2D eigenvalue weighted by molar-refractivity contribution is 6.03. The van der Waals surface area contributed by atoms with E-state index in [-0.39, 0.29) is 6.42 Å². The van der Waals surface area contributed by atoms with E-state index in [1.807, 2.05) is 32.0 Å². The van der Waals surface area contributed by atoms with Crippen molar-refractivity contribution in [1.82, 2.24) is 5.43 Å². The summed E-state index contributed by atoms with van der Waals surface area (Å²) in [4.78, 5) is 23.7. The Hall–Kier alpha value is -3.35. The minimum atomic E-state index is -0.506. The molecule has 0 heterocycles. The van der Waals surface area contributed by atoms with Crippen molar-refractivity contribution in [3.8, 4) is 11.5 Å². The molecule has 0 aromatic heterocycles. The molecule has 27 heavy (non-hydrogen) atoms. The first kappa shape index (κ1) is 20.0. The Morgan fingerprint density at radius 3 is 2.52 bits per heavy atom. The number of rotatable bonds is 8. The van der Waals surface area contributed by atoms with Crippen molar-refractivity contribution in [2.45, 2.75) is 20.3 Å². The van der Waals surface area contributed by atoms with Gasteiger partial charge in [-0.3, -0.25) is 9.59 Å². The maximum Gasteiger partial charge on any atom is 0.249 e. The van der Waals surface area contributed by atoms with E-state index in [1.54, 1.807) is 31.4 Å². The number of carbonyl (C=O) groups excluding carboxylic acids is 2. The largest absolute Gasteiger partial charge is 0.496 e. The third-order valence-corrected chi connectivity index (χ3v) is 3.61. The zero-order valence-corrected chi connectivity index (χ0v) is 15.6. The molecule has 0 bridgehead atoms. The second-order valence-electron chi connectivity index (χ2n) is 5.70. The highest BCUT2D eigenvalue weighted by Gasteiger charge is 2.09. The maximum atomic E-state index is 11.9. The van der Waals surface area contributed by atoms with Crippen LogP contribution in [0.1, 0.15) is 24.5 Å². The van der Waals surface area contributed by atoms with Crippen LogP contribution in [-0.4, -0.2) is 31.7 Å². The van der Waals surface area contributed by atoms with Crippen LogP contribution in [0, 0.1) is 6.92 Å². The Morgan fingerprint density at radius 1 is 1.11 bits per heavy atom. The third-order valence-electron chi connectivity index (χ3n) is 3.61. The summed E-state index contributed by atoms with van der Waals surface area (Å²) in [6.07, 6.45) is 1.16. The van der Waals surface area contributed by atoms with Gasteiger partial charge in [0, 0.05) is 5.69 Å². The Bertz CT molecular complexity index is 816. The van der Waals surface area contributed by atoms with E-state index in [0.29, 0.717) is 12.3 Å². The number of hydrazone groups is 1. The lowest BCUT2D eigenvalue weighted by molar-refractivity contribution is -0.126. The Morgan fingerprint density at radius 2 is 1.85 bits per heavy atom. The molecule has 142 valence electrons. The van der Waals surface area contributed by atoms with Gasteiger partial charge in [-0.1, -0.05) is 12.1 Å². The molecule has 2 rings (SSSR count). The number of hydrogen-bond acceptors (Lipinski definition) is 5. The molecule has 0 fully saturated rings. The fraction of sp³-hybridized carbons (Fsp3) is 0.250. The lowest BCUT2D eigenvalue weighted by Gasteiger charge is -2.07. The fourth-order valence-corrected chi connectivity index (χ4v) is 2.29. The van der Waals surface area contributed by atoms with Gasteiger partial charge in [-0.05, 0) is 55.3 Å². The molecule has 0 aliphatic rings. The molecular weight excluding hydrogens is 346 g/mol. The van der Waals surface area contributed by atoms with Gasteiger partial charge in [0.1, 0.15) is 17.9 Å². The van der Waals surface area contributed by atoms with Gasteiger partial charge in [0.25, 0.3) is 0 Å². The Balaban J connectivity index is 1.81. The van der Waals surface area contributed by atoms with Gasteiger partial charge < -0.3 is 14.8 Å². The summed E-state index contributed by atoms with van der Waals surface area (Å²) >= 11 is 0. The highest BCUT2D eigenvalue weighted by atomic mass is 16.5. The third kappa shape index (κ3) is 6.47. The lowest BCUT2D eigenvalue weighted by atomic mass is 10.1. The van der Waals surface area contributed by atoms with E-state index in [1.165, 1.54) is 6.21 Å². The zero-order valence-electron chi connectivity index (χ0n) is 15.6. The van der Waals surface area contributed by atoms with Gasteiger partial charge in [0.15, 0.2) is 0 Å². The molecule has 0 atom stereocenters. The van der Waals surface area contributed by atoms with Crippen LogP contribution in [0.3, 0.4) is 0 Å². The number of hydrogen-bond donors (Lipinski definition) is 2. The first-order valence-electron chi connectivity index (χ1n) is 8.51. The van der Waals surface area contributed by atoms with Gasteiger partial charge in [-0.15, -0.1) is 0 Å². The van der Waals surface area contributed by atoms with Crippen molar-refractivity contribution >= 4 is 23.7 Å². The van der Waals surface area contributed by atoms with Crippen LogP contribution in [0.5, 0.6) is 11.5 Å². The molecular formula is C20H23N3O4. The minimum absolute atomic E-state index is 0.332. The summed E-state index contributed by atoms with van der Waals surface area (Å²) in [5.41, 5.74) is 4.70. The molecule has 2 aromatic rings. The summed E-state index contributed by atoms with van der Waals surface area (Å²) in [6, 6.07) is 12.5. The van der Waals surface area contributed by atoms with Gasteiger partial charge in [-0.2, -0.15) is 5.10 Å². The van der Waals surface area contributed by atoms with Crippen molar-refractivity contribution in [1.29, 1.82) is 0 Å². The molecule has 0 unspecified atom stereocenters. The van der Waals surface area contributed by atoms with E-state index in [9.17, 15) is 9.59 Å². The molecule has 2 aromatic carbocycles. The second kappa shape index (κ2) is 9.96. The summed E-state index contributed by atoms with van der Waals surface area (Å²) < 4.78 is 10.6. The van der Waals surface area contributed by atoms with E-state index >= 15 is 0 Å². The first-order chi connectivity index (χ1) is 13.0. The number of aryl methyl sites for hydroxylation is 1. The lowest BCUT2D eigenvalue weighted by Crippen LogP contribution is -2.24. The smallest absolute Gasteiger partial charge is 0.249 e. The summed E-state index contributed by atoms with van der Waals surface area (Å²) in [6.45, 7) is 4.40. The molecule has 2 amide bonds. The summed E-state index contributed by atoms with van der Waals surface area (Å²) in [5, 5.41) is 6.51. The van der Waals surface area contributed by atoms with Crippen molar-refractivity contribution in [2.24, 2.45) is 5.10 Å². The Kier molecular flexibility index (Phi) is 7.37. The number of nitrogens with zero attached hydrogens (tertiary/aromatic N) is 1. The van der Waals surface area contributed by atoms with Crippen LogP contribution in [0.4, 0.5) is 5.69 Å². The van der Waals surface area contributed by atoms with Crippen LogP contribution >= 0.6 is 0 Å². The van der Waals surface area contributed by atoms with E-state index < -0.39 is 11.8 Å². The second-order valence-corrected chi connectivity index (χ2v) is 5.70.